The molecule has 4 rings (SSSR count). The molecule has 0 radical (unpaired) electrons. The molecule has 2 aromatic carbocycles. The van der Waals surface area contributed by atoms with Gasteiger partial charge in [-0.3, -0.25) is 0 Å². The molecule has 0 aliphatic carbocycles. The Balaban J connectivity index is 1.47. The minimum absolute atomic E-state index is 0.0132. The Labute approximate surface area is 144 Å². The number of hydrogen-bond acceptors (Lipinski definition) is 5. The van der Waals surface area contributed by atoms with E-state index in [1.54, 1.807) is 7.11 Å². The summed E-state index contributed by atoms with van der Waals surface area (Å²) in [6.45, 7) is 0.221. The molecule has 2 aliphatic rings. The van der Waals surface area contributed by atoms with E-state index >= 15 is 0 Å². The Morgan fingerprint density at radius 2 is 2.04 bits per heavy atom. The first-order valence-corrected chi connectivity index (χ1v) is 8.06. The van der Waals surface area contributed by atoms with Crippen LogP contribution in [0.2, 0.25) is 5.02 Å². The van der Waals surface area contributed by atoms with E-state index in [0.717, 1.165) is 23.3 Å². The Kier molecular flexibility index (Phi) is 3.94. The summed E-state index contributed by atoms with van der Waals surface area (Å²) in [4.78, 5) is 5.59. The predicted molar refractivity (Wildman–Crippen MR) is 90.3 cm³/mol. The average Bonchev–Trinajstić information content (AvgIpc) is 3.24. The van der Waals surface area contributed by atoms with Crippen LogP contribution in [0.4, 0.5) is 0 Å². The Morgan fingerprint density at radius 1 is 1.21 bits per heavy atom. The number of ether oxygens (including phenoxy) is 3. The molecule has 124 valence electrons. The third kappa shape index (κ3) is 2.87. The smallest absolute Gasteiger partial charge is 0.231 e. The van der Waals surface area contributed by atoms with Crippen molar-refractivity contribution in [3.05, 3.63) is 52.5 Å². The van der Waals surface area contributed by atoms with Crippen LogP contribution in [0.5, 0.6) is 17.2 Å². The number of halogens is 1. The van der Waals surface area contributed by atoms with Gasteiger partial charge in [0.15, 0.2) is 11.5 Å². The highest BCUT2D eigenvalue weighted by Gasteiger charge is 2.25. The molecule has 2 heterocycles. The zero-order chi connectivity index (χ0) is 16.5. The van der Waals surface area contributed by atoms with Crippen molar-refractivity contribution in [1.82, 2.24) is 0 Å². The molecule has 2 aromatic rings. The highest BCUT2D eigenvalue weighted by Crippen LogP contribution is 2.42. The molecule has 0 unspecified atom stereocenters. The number of hydrogen-bond donors (Lipinski definition) is 0. The first kappa shape index (κ1) is 15.1. The Morgan fingerprint density at radius 3 is 2.83 bits per heavy atom. The van der Waals surface area contributed by atoms with Gasteiger partial charge < -0.3 is 19.0 Å². The molecule has 5 nitrogen and oxygen atoms in total. The molecule has 0 aromatic heterocycles. The van der Waals surface area contributed by atoms with Crippen molar-refractivity contribution in [3.8, 4) is 17.2 Å². The maximum absolute atomic E-state index is 5.92. The molecule has 2 aliphatic heterocycles. The molecule has 0 bridgehead atoms. The molecule has 0 spiro atoms. The van der Waals surface area contributed by atoms with E-state index in [1.807, 2.05) is 36.4 Å². The van der Waals surface area contributed by atoms with Crippen LogP contribution in [-0.4, -0.2) is 25.7 Å². The van der Waals surface area contributed by atoms with Crippen molar-refractivity contribution in [3.63, 3.8) is 0 Å². The highest BCUT2D eigenvalue weighted by atomic mass is 35.5. The van der Waals surface area contributed by atoms with Crippen LogP contribution >= 0.6 is 11.6 Å². The zero-order valence-electron chi connectivity index (χ0n) is 13.1. The van der Waals surface area contributed by atoms with E-state index in [9.17, 15) is 0 Å². The van der Waals surface area contributed by atoms with E-state index in [2.05, 4.69) is 5.16 Å². The van der Waals surface area contributed by atoms with Gasteiger partial charge in [0.2, 0.25) is 12.5 Å². The molecule has 24 heavy (non-hydrogen) atoms. The Hall–Kier alpha value is -2.40. The van der Waals surface area contributed by atoms with Crippen molar-refractivity contribution < 1.29 is 19.0 Å². The number of benzene rings is 2. The van der Waals surface area contributed by atoms with Crippen LogP contribution in [-0.2, 0) is 11.3 Å². The van der Waals surface area contributed by atoms with Crippen molar-refractivity contribution >= 4 is 17.3 Å². The topological polar surface area (TPSA) is 49.3 Å². The zero-order valence-corrected chi connectivity index (χ0v) is 13.9. The molecular formula is C18H16ClNO4. The van der Waals surface area contributed by atoms with Crippen molar-refractivity contribution in [2.24, 2.45) is 5.16 Å². The van der Waals surface area contributed by atoms with Crippen LogP contribution in [0, 0.1) is 0 Å². The van der Waals surface area contributed by atoms with E-state index < -0.39 is 0 Å². The third-order valence-corrected chi connectivity index (χ3v) is 4.34. The normalized spacial score (nSPS) is 18.2. The number of rotatable bonds is 4. The van der Waals surface area contributed by atoms with Gasteiger partial charge in [-0.15, -0.1) is 0 Å². The van der Waals surface area contributed by atoms with Crippen LogP contribution < -0.4 is 14.2 Å². The molecule has 0 saturated carbocycles. The molecule has 0 fully saturated rings. The minimum Gasteiger partial charge on any atom is -0.493 e. The first-order chi connectivity index (χ1) is 11.7. The third-order valence-electron chi connectivity index (χ3n) is 4.09. The number of oxime groups is 1. The predicted octanol–water partition coefficient (Wildman–Crippen LogP) is 3.81. The van der Waals surface area contributed by atoms with Crippen LogP contribution in [0.1, 0.15) is 17.5 Å². The fourth-order valence-corrected chi connectivity index (χ4v) is 3.04. The quantitative estimate of drug-likeness (QED) is 0.845. The van der Waals surface area contributed by atoms with E-state index in [4.69, 9.17) is 30.6 Å². The number of methoxy groups -OCH3 is 1. The molecular weight excluding hydrogens is 330 g/mol. The summed E-state index contributed by atoms with van der Waals surface area (Å²) in [7, 11) is 1.62. The van der Waals surface area contributed by atoms with Gasteiger partial charge in [-0.1, -0.05) is 28.9 Å². The molecule has 6 heteroatoms. The van der Waals surface area contributed by atoms with Crippen molar-refractivity contribution in [2.75, 3.05) is 13.9 Å². The van der Waals surface area contributed by atoms with Gasteiger partial charge in [0, 0.05) is 17.9 Å². The molecule has 0 N–H and O–H groups in total. The van der Waals surface area contributed by atoms with Crippen LogP contribution in [0.15, 0.2) is 41.6 Å². The van der Waals surface area contributed by atoms with Crippen molar-refractivity contribution in [1.29, 1.82) is 0 Å². The maximum atomic E-state index is 5.92. The fourth-order valence-electron chi connectivity index (χ4n) is 2.92. The number of fused-ring (bicyclic) bond motifs is 1. The molecule has 0 amide bonds. The lowest BCUT2D eigenvalue weighted by Gasteiger charge is -2.11. The van der Waals surface area contributed by atoms with Gasteiger partial charge in [0.05, 0.1) is 12.8 Å². The maximum Gasteiger partial charge on any atom is 0.231 e. The van der Waals surface area contributed by atoms with Crippen LogP contribution in [0.3, 0.4) is 0 Å². The lowest BCUT2D eigenvalue weighted by molar-refractivity contribution is 0.0858. The van der Waals surface area contributed by atoms with Gasteiger partial charge in [0.25, 0.3) is 0 Å². The second kappa shape index (κ2) is 6.24. The molecule has 0 saturated heterocycles. The standard InChI is InChI=1S/C18H16ClNO4/c1-21-16-7-11(8-17-18(16)23-10-22-17)6-14-9-15(20-24-14)12-2-4-13(19)5-3-12/h2-5,7-8,14H,6,9-10H2,1H3/t14-/m1/s1. The first-order valence-electron chi connectivity index (χ1n) is 7.68. The highest BCUT2D eigenvalue weighted by molar-refractivity contribution is 6.30. The summed E-state index contributed by atoms with van der Waals surface area (Å²) < 4.78 is 16.3. The lowest BCUT2D eigenvalue weighted by Crippen LogP contribution is -2.12. The van der Waals surface area contributed by atoms with E-state index in [1.165, 1.54) is 0 Å². The fraction of sp³-hybridized carbons (Fsp3) is 0.278. The SMILES string of the molecule is COc1cc(C[C@@H]2CC(c3ccc(Cl)cc3)=NO2)cc2c1OCO2. The molecule has 1 atom stereocenters. The second-order valence-corrected chi connectivity index (χ2v) is 6.15. The summed E-state index contributed by atoms with van der Waals surface area (Å²) in [5.41, 5.74) is 3.03. The summed E-state index contributed by atoms with van der Waals surface area (Å²) in [6, 6.07) is 11.5. The summed E-state index contributed by atoms with van der Waals surface area (Å²) >= 11 is 5.92. The van der Waals surface area contributed by atoms with Crippen molar-refractivity contribution in [2.45, 2.75) is 18.9 Å². The summed E-state index contributed by atoms with van der Waals surface area (Å²) in [5.74, 6) is 2.05. The van der Waals surface area contributed by atoms with E-state index in [-0.39, 0.29) is 12.9 Å². The summed E-state index contributed by atoms with van der Waals surface area (Å²) in [6.07, 6.45) is 1.45. The van der Waals surface area contributed by atoms with Gasteiger partial charge in [-0.2, -0.15) is 0 Å². The number of nitrogens with zero attached hydrogens (tertiary/aromatic N) is 1. The monoisotopic (exact) mass is 345 g/mol. The van der Waals surface area contributed by atoms with Gasteiger partial charge in [0.1, 0.15) is 6.10 Å². The van der Waals surface area contributed by atoms with Crippen LogP contribution in [0.25, 0.3) is 0 Å². The second-order valence-electron chi connectivity index (χ2n) is 5.71. The van der Waals surface area contributed by atoms with E-state index in [0.29, 0.717) is 28.7 Å². The van der Waals surface area contributed by atoms with Gasteiger partial charge in [-0.25, -0.2) is 0 Å². The summed E-state index contributed by atoms with van der Waals surface area (Å²) in [5, 5.41) is 4.93. The largest absolute Gasteiger partial charge is 0.493 e. The average molecular weight is 346 g/mol. The Bertz CT molecular complexity index is 788. The van der Waals surface area contributed by atoms with Gasteiger partial charge >= 0.3 is 0 Å². The van der Waals surface area contributed by atoms with Gasteiger partial charge in [-0.05, 0) is 35.4 Å². The lowest BCUT2D eigenvalue weighted by atomic mass is 10.00. The minimum atomic E-state index is -0.0132.